The van der Waals surface area contributed by atoms with Gasteiger partial charge in [0, 0.05) is 39.3 Å². The van der Waals surface area contributed by atoms with Crippen LogP contribution in [0, 0.1) is 0 Å². The SMILES string of the molecule is CCN1CCN(C(=O)CC(=O)NCCN(C)C)CC1. The van der Waals surface area contributed by atoms with Crippen LogP contribution in [0.5, 0.6) is 0 Å². The van der Waals surface area contributed by atoms with E-state index in [1.54, 1.807) is 4.90 Å². The summed E-state index contributed by atoms with van der Waals surface area (Å²) in [5.74, 6) is -0.233. The van der Waals surface area contributed by atoms with E-state index < -0.39 is 0 Å². The first-order chi connectivity index (χ1) is 9.02. The molecule has 2 amide bonds. The zero-order valence-electron chi connectivity index (χ0n) is 12.3. The molecule has 1 aliphatic rings. The molecule has 1 N–H and O–H groups in total. The van der Waals surface area contributed by atoms with Gasteiger partial charge in [-0.3, -0.25) is 9.59 Å². The fourth-order valence-corrected chi connectivity index (χ4v) is 2.04. The summed E-state index contributed by atoms with van der Waals surface area (Å²) in [5, 5.41) is 2.77. The summed E-state index contributed by atoms with van der Waals surface area (Å²) >= 11 is 0. The molecule has 6 heteroatoms. The van der Waals surface area contributed by atoms with E-state index in [1.807, 2.05) is 19.0 Å². The first-order valence-corrected chi connectivity index (χ1v) is 6.94. The molecule has 0 bridgehead atoms. The van der Waals surface area contributed by atoms with Gasteiger partial charge in [-0.1, -0.05) is 6.92 Å². The number of carbonyl (C=O) groups is 2. The molecule has 0 saturated carbocycles. The second-order valence-corrected chi connectivity index (χ2v) is 5.15. The third kappa shape index (κ3) is 6.02. The van der Waals surface area contributed by atoms with Gasteiger partial charge in [-0.05, 0) is 20.6 Å². The molecule has 0 spiro atoms. The summed E-state index contributed by atoms with van der Waals surface area (Å²) in [6, 6.07) is 0. The van der Waals surface area contributed by atoms with Gasteiger partial charge in [-0.15, -0.1) is 0 Å². The highest BCUT2D eigenvalue weighted by molar-refractivity contribution is 5.96. The number of nitrogens with zero attached hydrogens (tertiary/aromatic N) is 3. The molecule has 0 unspecified atom stereocenters. The van der Waals surface area contributed by atoms with Crippen molar-refractivity contribution >= 4 is 11.8 Å². The monoisotopic (exact) mass is 270 g/mol. The van der Waals surface area contributed by atoms with Crippen LogP contribution in [0.4, 0.5) is 0 Å². The Kier molecular flexibility index (Phi) is 6.80. The minimum atomic E-state index is -0.176. The number of nitrogens with one attached hydrogen (secondary N) is 1. The number of carbonyl (C=O) groups excluding carboxylic acids is 2. The van der Waals surface area contributed by atoms with Crippen LogP contribution in [0.15, 0.2) is 0 Å². The van der Waals surface area contributed by atoms with Crippen molar-refractivity contribution in [1.82, 2.24) is 20.0 Å². The molecular weight excluding hydrogens is 244 g/mol. The van der Waals surface area contributed by atoms with Gasteiger partial charge in [0.1, 0.15) is 6.42 Å². The maximum absolute atomic E-state index is 11.9. The lowest BCUT2D eigenvalue weighted by Gasteiger charge is -2.34. The van der Waals surface area contributed by atoms with Gasteiger partial charge in [-0.2, -0.15) is 0 Å². The topological polar surface area (TPSA) is 55.9 Å². The van der Waals surface area contributed by atoms with Crippen LogP contribution < -0.4 is 5.32 Å². The molecule has 0 atom stereocenters. The molecule has 1 fully saturated rings. The van der Waals surface area contributed by atoms with E-state index in [1.165, 1.54) is 0 Å². The number of hydrogen-bond donors (Lipinski definition) is 1. The van der Waals surface area contributed by atoms with Crippen molar-refractivity contribution < 1.29 is 9.59 Å². The Morgan fingerprint density at radius 2 is 1.79 bits per heavy atom. The lowest BCUT2D eigenvalue weighted by atomic mass is 10.2. The van der Waals surface area contributed by atoms with Crippen molar-refractivity contribution in [2.75, 3.05) is 59.9 Å². The van der Waals surface area contributed by atoms with E-state index >= 15 is 0 Å². The first-order valence-electron chi connectivity index (χ1n) is 6.94. The van der Waals surface area contributed by atoms with E-state index in [2.05, 4.69) is 17.1 Å². The molecule has 0 aromatic rings. The highest BCUT2D eigenvalue weighted by Crippen LogP contribution is 2.03. The van der Waals surface area contributed by atoms with Crippen molar-refractivity contribution in [2.24, 2.45) is 0 Å². The predicted octanol–water partition coefficient (Wildman–Crippen LogP) is -0.782. The average Bonchev–Trinajstić information content (AvgIpc) is 2.38. The third-order valence-corrected chi connectivity index (χ3v) is 3.37. The second kappa shape index (κ2) is 8.12. The van der Waals surface area contributed by atoms with E-state index in [9.17, 15) is 9.59 Å². The highest BCUT2D eigenvalue weighted by Gasteiger charge is 2.21. The van der Waals surface area contributed by atoms with E-state index in [-0.39, 0.29) is 18.2 Å². The van der Waals surface area contributed by atoms with E-state index in [0.717, 1.165) is 39.3 Å². The highest BCUT2D eigenvalue weighted by atomic mass is 16.2. The summed E-state index contributed by atoms with van der Waals surface area (Å²) < 4.78 is 0. The third-order valence-electron chi connectivity index (χ3n) is 3.37. The standard InChI is InChI=1S/C13H26N4O2/c1-4-16-7-9-17(10-8-16)13(19)11-12(18)14-5-6-15(2)3/h4-11H2,1-3H3,(H,14,18). The molecule has 110 valence electrons. The van der Waals surface area contributed by atoms with Gasteiger partial charge < -0.3 is 20.0 Å². The molecular formula is C13H26N4O2. The molecule has 1 heterocycles. The van der Waals surface area contributed by atoms with Crippen LogP contribution in [0.1, 0.15) is 13.3 Å². The molecule has 0 aliphatic carbocycles. The van der Waals surface area contributed by atoms with Crippen LogP contribution in [-0.2, 0) is 9.59 Å². The van der Waals surface area contributed by atoms with Crippen LogP contribution in [0.25, 0.3) is 0 Å². The smallest absolute Gasteiger partial charge is 0.232 e. The van der Waals surface area contributed by atoms with Crippen molar-refractivity contribution in [3.05, 3.63) is 0 Å². The number of likely N-dealkylation sites (N-methyl/N-ethyl adjacent to an activating group) is 2. The van der Waals surface area contributed by atoms with Gasteiger partial charge in [0.05, 0.1) is 0 Å². The van der Waals surface area contributed by atoms with E-state index in [4.69, 9.17) is 0 Å². The van der Waals surface area contributed by atoms with Crippen molar-refractivity contribution in [3.8, 4) is 0 Å². The Bertz CT molecular complexity index is 299. The minimum absolute atomic E-state index is 0.0282. The minimum Gasteiger partial charge on any atom is -0.354 e. The Morgan fingerprint density at radius 1 is 1.16 bits per heavy atom. The number of piperazine rings is 1. The summed E-state index contributed by atoms with van der Waals surface area (Å²) in [4.78, 5) is 29.6. The average molecular weight is 270 g/mol. The normalized spacial score (nSPS) is 16.7. The summed E-state index contributed by atoms with van der Waals surface area (Å²) in [5.41, 5.74) is 0. The lowest BCUT2D eigenvalue weighted by Crippen LogP contribution is -2.49. The summed E-state index contributed by atoms with van der Waals surface area (Å²) in [6.45, 7) is 7.80. The predicted molar refractivity (Wildman–Crippen MR) is 74.9 cm³/mol. The molecule has 19 heavy (non-hydrogen) atoms. The quantitative estimate of drug-likeness (QED) is 0.643. The van der Waals surface area contributed by atoms with Gasteiger partial charge >= 0.3 is 0 Å². The Hall–Kier alpha value is -1.14. The molecule has 0 aromatic heterocycles. The molecule has 0 aromatic carbocycles. The summed E-state index contributed by atoms with van der Waals surface area (Å²) in [6.07, 6.45) is -0.0282. The van der Waals surface area contributed by atoms with Crippen molar-refractivity contribution in [1.29, 1.82) is 0 Å². The second-order valence-electron chi connectivity index (χ2n) is 5.15. The summed E-state index contributed by atoms with van der Waals surface area (Å²) in [7, 11) is 3.90. The van der Waals surface area contributed by atoms with Crippen molar-refractivity contribution in [2.45, 2.75) is 13.3 Å². The van der Waals surface area contributed by atoms with Gasteiger partial charge in [0.2, 0.25) is 11.8 Å². The van der Waals surface area contributed by atoms with E-state index in [0.29, 0.717) is 6.54 Å². The Balaban J connectivity index is 2.21. The molecule has 0 radical (unpaired) electrons. The van der Waals surface area contributed by atoms with Crippen LogP contribution in [-0.4, -0.2) is 86.4 Å². The molecule has 1 saturated heterocycles. The maximum Gasteiger partial charge on any atom is 0.232 e. The van der Waals surface area contributed by atoms with Gasteiger partial charge in [0.15, 0.2) is 0 Å². The maximum atomic E-state index is 11.9. The zero-order chi connectivity index (χ0) is 14.3. The van der Waals surface area contributed by atoms with Crippen LogP contribution in [0.3, 0.4) is 0 Å². The molecule has 1 aliphatic heterocycles. The number of rotatable bonds is 6. The Morgan fingerprint density at radius 3 is 2.32 bits per heavy atom. The molecule has 1 rings (SSSR count). The Labute approximate surface area is 115 Å². The first kappa shape index (κ1) is 15.9. The fourth-order valence-electron chi connectivity index (χ4n) is 2.04. The lowest BCUT2D eigenvalue weighted by molar-refractivity contribution is -0.137. The largest absolute Gasteiger partial charge is 0.354 e. The fraction of sp³-hybridized carbons (Fsp3) is 0.846. The molecule has 6 nitrogen and oxygen atoms in total. The van der Waals surface area contributed by atoms with Crippen molar-refractivity contribution in [3.63, 3.8) is 0 Å². The van der Waals surface area contributed by atoms with Gasteiger partial charge in [-0.25, -0.2) is 0 Å². The van der Waals surface area contributed by atoms with Gasteiger partial charge in [0.25, 0.3) is 0 Å². The number of amides is 2. The zero-order valence-corrected chi connectivity index (χ0v) is 12.3. The number of hydrogen-bond acceptors (Lipinski definition) is 4. The van der Waals surface area contributed by atoms with Crippen LogP contribution >= 0.6 is 0 Å². The van der Waals surface area contributed by atoms with Crippen LogP contribution in [0.2, 0.25) is 0 Å².